The summed E-state index contributed by atoms with van der Waals surface area (Å²) in [5.74, 6) is 0.688. The molecule has 1 N–H and O–H groups in total. The van der Waals surface area contributed by atoms with E-state index in [0.717, 1.165) is 32.4 Å². The predicted octanol–water partition coefficient (Wildman–Crippen LogP) is 2.19. The van der Waals surface area contributed by atoms with E-state index < -0.39 is 0 Å². The van der Waals surface area contributed by atoms with Gasteiger partial charge in [0.15, 0.2) is 0 Å². The summed E-state index contributed by atoms with van der Waals surface area (Å²) in [4.78, 5) is 11.9. The fourth-order valence-electron chi connectivity index (χ4n) is 2.24. The van der Waals surface area contributed by atoms with Gasteiger partial charge in [-0.25, -0.2) is 0 Å². The zero-order chi connectivity index (χ0) is 11.2. The molecular formula is C14H19NO. The molecule has 1 fully saturated rings. The number of carbonyl (C=O) groups excluding carboxylic acids is 1. The van der Waals surface area contributed by atoms with E-state index in [4.69, 9.17) is 0 Å². The topological polar surface area (TPSA) is 29.1 Å². The van der Waals surface area contributed by atoms with Crippen LogP contribution >= 0.6 is 0 Å². The van der Waals surface area contributed by atoms with Crippen LogP contribution in [0.2, 0.25) is 0 Å². The third-order valence-electron chi connectivity index (χ3n) is 3.26. The molecule has 0 spiro atoms. The molecule has 16 heavy (non-hydrogen) atoms. The number of nitrogens with one attached hydrogen (secondary N) is 1. The first kappa shape index (κ1) is 11.3. The second kappa shape index (κ2) is 5.80. The summed E-state index contributed by atoms with van der Waals surface area (Å²) in [5, 5.41) is 3.29. The average Bonchev–Trinajstić information content (AvgIpc) is 2.38. The molecule has 1 aromatic carbocycles. The summed E-state index contributed by atoms with van der Waals surface area (Å²) in [6.07, 6.45) is 3.79. The fourth-order valence-corrected chi connectivity index (χ4v) is 2.24. The van der Waals surface area contributed by atoms with E-state index in [2.05, 4.69) is 17.4 Å². The van der Waals surface area contributed by atoms with Crippen molar-refractivity contribution in [1.29, 1.82) is 0 Å². The van der Waals surface area contributed by atoms with E-state index >= 15 is 0 Å². The second-order valence-electron chi connectivity index (χ2n) is 4.50. The smallest absolute Gasteiger partial charge is 0.137 e. The summed E-state index contributed by atoms with van der Waals surface area (Å²) in [6, 6.07) is 10.2. The third-order valence-corrected chi connectivity index (χ3v) is 3.26. The number of aryl methyl sites for hydroxylation is 1. The van der Waals surface area contributed by atoms with Gasteiger partial charge in [0.05, 0.1) is 0 Å². The van der Waals surface area contributed by atoms with Gasteiger partial charge in [-0.15, -0.1) is 0 Å². The maximum Gasteiger partial charge on any atom is 0.137 e. The van der Waals surface area contributed by atoms with Gasteiger partial charge in [-0.05, 0) is 31.4 Å². The molecule has 1 saturated heterocycles. The van der Waals surface area contributed by atoms with Crippen molar-refractivity contribution in [3.63, 3.8) is 0 Å². The molecule has 2 heteroatoms. The van der Waals surface area contributed by atoms with Crippen molar-refractivity contribution < 1.29 is 4.79 Å². The number of benzene rings is 1. The fraction of sp³-hybridized carbons (Fsp3) is 0.500. The first-order valence-electron chi connectivity index (χ1n) is 6.13. The molecule has 1 aliphatic rings. The second-order valence-corrected chi connectivity index (χ2v) is 4.50. The van der Waals surface area contributed by atoms with Gasteiger partial charge in [-0.1, -0.05) is 30.3 Å². The largest absolute Gasteiger partial charge is 0.316 e. The minimum atomic E-state index is 0.262. The number of hydrogen-bond acceptors (Lipinski definition) is 2. The molecule has 0 unspecified atom stereocenters. The number of carbonyl (C=O) groups is 1. The van der Waals surface area contributed by atoms with Gasteiger partial charge < -0.3 is 5.32 Å². The summed E-state index contributed by atoms with van der Waals surface area (Å²) in [6.45, 7) is 1.95. The highest BCUT2D eigenvalue weighted by molar-refractivity contribution is 5.81. The molecule has 1 aliphatic heterocycles. The summed E-state index contributed by atoms with van der Waals surface area (Å²) in [7, 11) is 0. The Hall–Kier alpha value is -1.15. The van der Waals surface area contributed by atoms with Crippen LogP contribution in [0.1, 0.15) is 24.8 Å². The van der Waals surface area contributed by atoms with Crippen LogP contribution in [0.5, 0.6) is 0 Å². The van der Waals surface area contributed by atoms with E-state index in [0.29, 0.717) is 12.2 Å². The van der Waals surface area contributed by atoms with Crippen LogP contribution in [0.25, 0.3) is 0 Å². The lowest BCUT2D eigenvalue weighted by Crippen LogP contribution is -2.34. The number of ketones is 1. The number of piperidine rings is 1. The predicted molar refractivity (Wildman–Crippen MR) is 65.4 cm³/mol. The first-order valence-corrected chi connectivity index (χ1v) is 6.13. The zero-order valence-corrected chi connectivity index (χ0v) is 9.61. The van der Waals surface area contributed by atoms with Crippen molar-refractivity contribution in [2.45, 2.75) is 25.7 Å². The lowest BCUT2D eigenvalue weighted by Gasteiger charge is -2.21. The zero-order valence-electron chi connectivity index (χ0n) is 9.61. The Morgan fingerprint density at radius 3 is 2.81 bits per heavy atom. The van der Waals surface area contributed by atoms with Crippen LogP contribution in [0.4, 0.5) is 0 Å². The lowest BCUT2D eigenvalue weighted by atomic mass is 9.92. The Morgan fingerprint density at radius 1 is 1.31 bits per heavy atom. The van der Waals surface area contributed by atoms with Crippen molar-refractivity contribution >= 4 is 5.78 Å². The molecule has 86 valence electrons. The van der Waals surface area contributed by atoms with Gasteiger partial charge in [-0.2, -0.15) is 0 Å². The van der Waals surface area contributed by atoms with E-state index in [1.54, 1.807) is 0 Å². The van der Waals surface area contributed by atoms with Gasteiger partial charge >= 0.3 is 0 Å². The van der Waals surface area contributed by atoms with Crippen LogP contribution in [0, 0.1) is 5.92 Å². The van der Waals surface area contributed by atoms with Crippen molar-refractivity contribution in [2.24, 2.45) is 5.92 Å². The maximum absolute atomic E-state index is 11.9. The Bertz CT molecular complexity index is 328. The maximum atomic E-state index is 11.9. The van der Waals surface area contributed by atoms with Crippen LogP contribution in [0.3, 0.4) is 0 Å². The molecule has 2 rings (SSSR count). The van der Waals surface area contributed by atoms with Crippen molar-refractivity contribution in [3.05, 3.63) is 35.9 Å². The first-order chi connectivity index (χ1) is 7.86. The molecule has 0 aliphatic carbocycles. The standard InChI is InChI=1S/C14H19NO/c16-14(13-7-4-10-15-11-13)9-8-12-5-2-1-3-6-12/h1-3,5-6,13,15H,4,7-11H2/t13-/m1/s1. The molecule has 2 nitrogen and oxygen atoms in total. The van der Waals surface area contributed by atoms with Gasteiger partial charge in [0.1, 0.15) is 5.78 Å². The number of hydrogen-bond donors (Lipinski definition) is 1. The molecule has 1 heterocycles. The van der Waals surface area contributed by atoms with E-state index in [9.17, 15) is 4.79 Å². The van der Waals surface area contributed by atoms with Crippen LogP contribution < -0.4 is 5.32 Å². The Labute approximate surface area is 97.1 Å². The highest BCUT2D eigenvalue weighted by Gasteiger charge is 2.19. The van der Waals surface area contributed by atoms with Gasteiger partial charge in [0.25, 0.3) is 0 Å². The Morgan fingerprint density at radius 2 is 2.12 bits per heavy atom. The van der Waals surface area contributed by atoms with Gasteiger partial charge in [0.2, 0.25) is 0 Å². The van der Waals surface area contributed by atoms with E-state index in [1.165, 1.54) is 5.56 Å². The molecule has 0 amide bonds. The Kier molecular flexibility index (Phi) is 4.11. The molecule has 0 saturated carbocycles. The molecule has 0 radical (unpaired) electrons. The summed E-state index contributed by atoms with van der Waals surface area (Å²) < 4.78 is 0. The highest BCUT2D eigenvalue weighted by Crippen LogP contribution is 2.14. The van der Waals surface area contributed by atoms with E-state index in [1.807, 2.05) is 18.2 Å². The van der Waals surface area contributed by atoms with Crippen molar-refractivity contribution in [2.75, 3.05) is 13.1 Å². The van der Waals surface area contributed by atoms with Crippen molar-refractivity contribution in [3.8, 4) is 0 Å². The lowest BCUT2D eigenvalue weighted by molar-refractivity contribution is -0.123. The quantitative estimate of drug-likeness (QED) is 0.837. The third kappa shape index (κ3) is 3.17. The van der Waals surface area contributed by atoms with Crippen LogP contribution in [-0.2, 0) is 11.2 Å². The van der Waals surface area contributed by atoms with Crippen molar-refractivity contribution in [1.82, 2.24) is 5.32 Å². The highest BCUT2D eigenvalue weighted by atomic mass is 16.1. The monoisotopic (exact) mass is 217 g/mol. The van der Waals surface area contributed by atoms with Crippen LogP contribution in [-0.4, -0.2) is 18.9 Å². The molecule has 0 bridgehead atoms. The average molecular weight is 217 g/mol. The summed E-state index contributed by atoms with van der Waals surface area (Å²) >= 11 is 0. The van der Waals surface area contributed by atoms with Crippen LogP contribution in [0.15, 0.2) is 30.3 Å². The van der Waals surface area contributed by atoms with Gasteiger partial charge in [-0.3, -0.25) is 4.79 Å². The molecular weight excluding hydrogens is 198 g/mol. The SMILES string of the molecule is O=C(CCc1ccccc1)[C@@H]1CCCNC1. The Balaban J connectivity index is 1.79. The number of rotatable bonds is 4. The minimum Gasteiger partial charge on any atom is -0.316 e. The number of Topliss-reactive ketones (excluding diaryl/α,β-unsaturated/α-hetero) is 1. The minimum absolute atomic E-state index is 0.262. The normalized spacial score (nSPS) is 20.6. The molecule has 1 aromatic rings. The van der Waals surface area contributed by atoms with E-state index in [-0.39, 0.29) is 5.92 Å². The molecule has 1 atom stereocenters. The molecule has 0 aromatic heterocycles. The van der Waals surface area contributed by atoms with Gasteiger partial charge in [0, 0.05) is 18.9 Å². The summed E-state index contributed by atoms with van der Waals surface area (Å²) in [5.41, 5.74) is 1.26.